The molecule has 1 aliphatic carbocycles. The van der Waals surface area contributed by atoms with Gasteiger partial charge in [0.25, 0.3) is 0 Å². The fourth-order valence-electron chi connectivity index (χ4n) is 3.04. The van der Waals surface area contributed by atoms with Crippen molar-refractivity contribution in [2.45, 2.75) is 51.1 Å². The Balaban J connectivity index is 2.01. The Morgan fingerprint density at radius 2 is 2.05 bits per heavy atom. The molecule has 1 unspecified atom stereocenters. The minimum Gasteiger partial charge on any atom is -0.494 e. The topological polar surface area (TPSA) is 67.6 Å². The predicted octanol–water partition coefficient (Wildman–Crippen LogP) is 2.87. The number of nitrogens with zero attached hydrogens (tertiary/aromatic N) is 1. The summed E-state index contributed by atoms with van der Waals surface area (Å²) in [6.07, 6.45) is 6.19. The molecule has 0 aromatic heterocycles. The second kappa shape index (κ2) is 7.49. The van der Waals surface area contributed by atoms with E-state index in [-0.39, 0.29) is 11.9 Å². The molecule has 1 aromatic carbocycles. The molecular formula is C17H27N3O2. The highest BCUT2D eigenvalue weighted by atomic mass is 16.5. The standard InChI is InChI=1S/C17H27N3O2/c1-12(20(2)14-7-5-4-6-8-14)17(21)19-15-10-9-13(18)11-16(15)22-3/h9-12,14H,4-8,18H2,1-3H3,(H,19,21). The third-order valence-electron chi connectivity index (χ3n) is 4.62. The van der Waals surface area contributed by atoms with Gasteiger partial charge in [-0.15, -0.1) is 0 Å². The van der Waals surface area contributed by atoms with E-state index < -0.39 is 0 Å². The van der Waals surface area contributed by atoms with Crippen molar-refractivity contribution in [2.24, 2.45) is 0 Å². The summed E-state index contributed by atoms with van der Waals surface area (Å²) >= 11 is 0. The van der Waals surface area contributed by atoms with Crippen LogP contribution in [0.4, 0.5) is 11.4 Å². The van der Waals surface area contributed by atoms with Gasteiger partial charge in [-0.1, -0.05) is 19.3 Å². The molecule has 1 aromatic rings. The number of nitrogens with two attached hydrogens (primary N) is 1. The molecule has 1 fully saturated rings. The van der Waals surface area contributed by atoms with Gasteiger partial charge in [-0.25, -0.2) is 0 Å². The molecule has 5 nitrogen and oxygen atoms in total. The second-order valence-electron chi connectivity index (χ2n) is 6.08. The molecule has 1 saturated carbocycles. The summed E-state index contributed by atoms with van der Waals surface area (Å²) in [6.45, 7) is 1.95. The van der Waals surface area contributed by atoms with Crippen LogP contribution in [0.25, 0.3) is 0 Å². The zero-order chi connectivity index (χ0) is 16.1. The second-order valence-corrected chi connectivity index (χ2v) is 6.08. The minimum atomic E-state index is -0.176. The molecule has 122 valence electrons. The normalized spacial score (nSPS) is 17.3. The van der Waals surface area contributed by atoms with E-state index in [1.807, 2.05) is 14.0 Å². The zero-order valence-corrected chi connectivity index (χ0v) is 13.8. The highest BCUT2D eigenvalue weighted by molar-refractivity contribution is 5.96. The predicted molar refractivity (Wildman–Crippen MR) is 90.1 cm³/mol. The Bertz CT molecular complexity index is 513. The third kappa shape index (κ3) is 3.91. The number of nitrogens with one attached hydrogen (secondary N) is 1. The van der Waals surface area contributed by atoms with Crippen LogP contribution in [0.1, 0.15) is 39.0 Å². The van der Waals surface area contributed by atoms with Gasteiger partial charge in [0, 0.05) is 17.8 Å². The van der Waals surface area contributed by atoms with Crippen LogP contribution < -0.4 is 15.8 Å². The molecule has 0 saturated heterocycles. The number of likely N-dealkylation sites (N-methyl/N-ethyl adjacent to an activating group) is 1. The van der Waals surface area contributed by atoms with Crippen molar-refractivity contribution in [1.29, 1.82) is 0 Å². The first kappa shape index (κ1) is 16.6. The quantitative estimate of drug-likeness (QED) is 0.821. The Hall–Kier alpha value is -1.75. The number of benzene rings is 1. The van der Waals surface area contributed by atoms with E-state index >= 15 is 0 Å². The molecular weight excluding hydrogens is 278 g/mol. The van der Waals surface area contributed by atoms with Crippen molar-refractivity contribution in [3.05, 3.63) is 18.2 Å². The van der Waals surface area contributed by atoms with Gasteiger partial charge in [-0.2, -0.15) is 0 Å². The molecule has 0 aliphatic heterocycles. The van der Waals surface area contributed by atoms with E-state index in [1.54, 1.807) is 25.3 Å². The van der Waals surface area contributed by atoms with E-state index in [1.165, 1.54) is 32.1 Å². The maximum Gasteiger partial charge on any atom is 0.241 e. The summed E-state index contributed by atoms with van der Waals surface area (Å²) in [5.74, 6) is 0.567. The Morgan fingerprint density at radius 3 is 2.68 bits per heavy atom. The van der Waals surface area contributed by atoms with Crippen LogP contribution in [0.15, 0.2) is 18.2 Å². The average molecular weight is 305 g/mol. The van der Waals surface area contributed by atoms with E-state index in [0.717, 1.165) is 0 Å². The zero-order valence-electron chi connectivity index (χ0n) is 13.8. The van der Waals surface area contributed by atoms with Gasteiger partial charge in [0.05, 0.1) is 18.8 Å². The highest BCUT2D eigenvalue weighted by Crippen LogP contribution is 2.27. The molecule has 22 heavy (non-hydrogen) atoms. The van der Waals surface area contributed by atoms with Crippen LogP contribution in [0.3, 0.4) is 0 Å². The molecule has 3 N–H and O–H groups in total. The van der Waals surface area contributed by atoms with Gasteiger partial charge in [0.15, 0.2) is 0 Å². The first-order valence-electron chi connectivity index (χ1n) is 7.99. The van der Waals surface area contributed by atoms with Crippen LogP contribution in [-0.4, -0.2) is 37.0 Å². The minimum absolute atomic E-state index is 0.0175. The van der Waals surface area contributed by atoms with Crippen molar-refractivity contribution >= 4 is 17.3 Å². The van der Waals surface area contributed by atoms with Crippen LogP contribution in [0.2, 0.25) is 0 Å². The first-order chi connectivity index (χ1) is 10.5. The molecule has 1 aliphatic rings. The Kier molecular flexibility index (Phi) is 5.66. The lowest BCUT2D eigenvalue weighted by atomic mass is 9.93. The van der Waals surface area contributed by atoms with Gasteiger partial charge in [-0.05, 0) is 38.9 Å². The first-order valence-corrected chi connectivity index (χ1v) is 7.99. The van der Waals surface area contributed by atoms with Crippen molar-refractivity contribution in [2.75, 3.05) is 25.2 Å². The molecule has 2 rings (SSSR count). The number of nitrogen functional groups attached to an aromatic ring is 1. The number of hydrogen-bond donors (Lipinski definition) is 2. The van der Waals surface area contributed by atoms with E-state index in [0.29, 0.717) is 23.2 Å². The SMILES string of the molecule is COc1cc(N)ccc1NC(=O)C(C)N(C)C1CCCCC1. The fraction of sp³-hybridized carbons (Fsp3) is 0.588. The van der Waals surface area contributed by atoms with Crippen molar-refractivity contribution in [3.8, 4) is 5.75 Å². The Labute approximate surface area is 132 Å². The maximum absolute atomic E-state index is 12.5. The van der Waals surface area contributed by atoms with E-state index in [2.05, 4.69) is 10.2 Å². The molecule has 0 spiro atoms. The largest absolute Gasteiger partial charge is 0.494 e. The molecule has 0 radical (unpaired) electrons. The van der Waals surface area contributed by atoms with Crippen molar-refractivity contribution < 1.29 is 9.53 Å². The average Bonchev–Trinajstić information content (AvgIpc) is 2.55. The smallest absolute Gasteiger partial charge is 0.241 e. The number of hydrogen-bond acceptors (Lipinski definition) is 4. The highest BCUT2D eigenvalue weighted by Gasteiger charge is 2.26. The number of carbonyl (C=O) groups excluding carboxylic acids is 1. The lowest BCUT2D eigenvalue weighted by Gasteiger charge is -2.34. The molecule has 1 atom stereocenters. The molecule has 0 bridgehead atoms. The maximum atomic E-state index is 12.5. The summed E-state index contributed by atoms with van der Waals surface area (Å²) in [6, 6.07) is 5.58. The number of methoxy groups -OCH3 is 1. The molecule has 0 heterocycles. The van der Waals surface area contributed by atoms with E-state index in [4.69, 9.17) is 10.5 Å². The molecule has 1 amide bonds. The van der Waals surface area contributed by atoms with Crippen LogP contribution in [0.5, 0.6) is 5.75 Å². The Morgan fingerprint density at radius 1 is 1.36 bits per heavy atom. The van der Waals surface area contributed by atoms with E-state index in [9.17, 15) is 4.79 Å². The fourth-order valence-corrected chi connectivity index (χ4v) is 3.04. The van der Waals surface area contributed by atoms with Gasteiger partial charge in [0.2, 0.25) is 5.91 Å². The van der Waals surface area contributed by atoms with Gasteiger partial charge in [-0.3, -0.25) is 9.69 Å². The number of rotatable bonds is 5. The van der Waals surface area contributed by atoms with Gasteiger partial charge in [0.1, 0.15) is 5.75 Å². The lowest BCUT2D eigenvalue weighted by Crippen LogP contribution is -2.46. The monoisotopic (exact) mass is 305 g/mol. The summed E-state index contributed by atoms with van der Waals surface area (Å²) in [4.78, 5) is 14.7. The van der Waals surface area contributed by atoms with Crippen molar-refractivity contribution in [1.82, 2.24) is 4.90 Å². The third-order valence-corrected chi connectivity index (χ3v) is 4.62. The van der Waals surface area contributed by atoms with Crippen LogP contribution in [0, 0.1) is 0 Å². The number of anilines is 2. The summed E-state index contributed by atoms with van der Waals surface area (Å²) in [5, 5.41) is 2.95. The number of amides is 1. The number of ether oxygens (including phenoxy) is 1. The van der Waals surface area contributed by atoms with Crippen LogP contribution >= 0.6 is 0 Å². The number of carbonyl (C=O) groups is 1. The summed E-state index contributed by atoms with van der Waals surface area (Å²) < 4.78 is 5.28. The summed E-state index contributed by atoms with van der Waals surface area (Å²) in [5.41, 5.74) is 7.01. The summed E-state index contributed by atoms with van der Waals surface area (Å²) in [7, 11) is 3.61. The molecule has 5 heteroatoms. The van der Waals surface area contributed by atoms with Gasteiger partial charge >= 0.3 is 0 Å². The van der Waals surface area contributed by atoms with Gasteiger partial charge < -0.3 is 15.8 Å². The lowest BCUT2D eigenvalue weighted by molar-refractivity contribution is -0.121. The van der Waals surface area contributed by atoms with Crippen molar-refractivity contribution in [3.63, 3.8) is 0 Å². The van der Waals surface area contributed by atoms with Crippen LogP contribution in [-0.2, 0) is 4.79 Å².